The van der Waals surface area contributed by atoms with E-state index in [2.05, 4.69) is 47.4 Å². The number of hydrogen-bond acceptors (Lipinski definition) is 8. The van der Waals surface area contributed by atoms with Crippen LogP contribution in [-0.2, 0) is 0 Å². The average Bonchev–Trinajstić information content (AvgIpc) is 3.76. The Morgan fingerprint density at radius 3 is 2.52 bits per heavy atom. The minimum atomic E-state index is -0.570. The Balaban J connectivity index is 0.00000216. The Kier molecular flexibility index (Phi) is 9.82. The molecule has 1 aromatic carbocycles. The van der Waals surface area contributed by atoms with E-state index in [1.165, 1.54) is 12.3 Å². The Bertz CT molecular complexity index is 1440. The molecular weight excluding hydrogens is 527 g/mol. The third-order valence-corrected chi connectivity index (χ3v) is 6.90. The second kappa shape index (κ2) is 12.7. The molecule has 40 heavy (non-hydrogen) atoms. The fourth-order valence-electron chi connectivity index (χ4n) is 4.29. The first-order chi connectivity index (χ1) is 18.9. The zero-order valence-corrected chi connectivity index (χ0v) is 25.1. The lowest BCUT2D eigenvalue weighted by molar-refractivity contribution is 0.342. The van der Waals surface area contributed by atoms with Crippen molar-refractivity contribution in [3.8, 4) is 6.07 Å². The van der Waals surface area contributed by atoms with Gasteiger partial charge in [-0.3, -0.25) is 4.98 Å². The molecule has 0 radical (unpaired) electrons. The molecule has 1 unspecified atom stereocenters. The first kappa shape index (κ1) is 30.9. The summed E-state index contributed by atoms with van der Waals surface area (Å²) in [6, 6.07) is 8.54. The van der Waals surface area contributed by atoms with Crippen molar-refractivity contribution < 1.29 is 4.39 Å². The third-order valence-electron chi connectivity index (χ3n) is 6.61. The summed E-state index contributed by atoms with van der Waals surface area (Å²) >= 11 is 6.70. The maximum absolute atomic E-state index is 13.9. The van der Waals surface area contributed by atoms with Crippen LogP contribution in [0.25, 0.3) is 10.9 Å². The van der Waals surface area contributed by atoms with Crippen molar-refractivity contribution in [1.29, 1.82) is 5.26 Å². The van der Waals surface area contributed by atoms with Gasteiger partial charge in [0.2, 0.25) is 5.95 Å². The number of benzene rings is 1. The van der Waals surface area contributed by atoms with Crippen LogP contribution in [0.3, 0.4) is 0 Å². The Morgan fingerprint density at radius 1 is 1.27 bits per heavy atom. The highest BCUT2D eigenvalue weighted by molar-refractivity contribution is 6.35. The molecule has 214 valence electrons. The minimum absolute atomic E-state index is 0.0212. The standard InChI is InChI=1S/C28H34ClFN8.C2H6/c1-15-20(8-9-23(30)36-15)27(24(32)16(2)38(33)19-6-7-19)37-18-10-21-25(35-14-28(3,4)5)17(12-31)13-34-26(21)22(29)11-18;1-2/h8-11,13,19,27,37H,6-7,14,32-33H2,1-5H3,(H,34,35);1-2H3/b24-16-;. The van der Waals surface area contributed by atoms with Gasteiger partial charge in [0.1, 0.15) is 6.07 Å². The van der Waals surface area contributed by atoms with Crippen molar-refractivity contribution in [2.45, 2.75) is 73.4 Å². The summed E-state index contributed by atoms with van der Waals surface area (Å²) in [6.07, 6.45) is 3.55. The summed E-state index contributed by atoms with van der Waals surface area (Å²) < 4.78 is 13.9. The molecule has 8 nitrogen and oxygen atoms in total. The van der Waals surface area contributed by atoms with Gasteiger partial charge < -0.3 is 21.4 Å². The van der Waals surface area contributed by atoms with Crippen molar-refractivity contribution >= 4 is 33.9 Å². The SMILES string of the molecule is C/C(=C(/N)C(Nc1cc(Cl)c2ncc(C#N)c(NCC(C)(C)C)c2c1)c1ccc(F)nc1C)N(N)C1CC1.CC. The first-order valence-electron chi connectivity index (χ1n) is 13.6. The van der Waals surface area contributed by atoms with E-state index in [1.54, 1.807) is 24.1 Å². The van der Waals surface area contributed by atoms with Crippen molar-refractivity contribution in [3.05, 3.63) is 69.6 Å². The van der Waals surface area contributed by atoms with Crippen LogP contribution in [0.15, 0.2) is 41.9 Å². The molecule has 10 heteroatoms. The predicted molar refractivity (Wildman–Crippen MR) is 162 cm³/mol. The first-order valence-corrected chi connectivity index (χ1v) is 13.9. The molecule has 0 aliphatic heterocycles. The van der Waals surface area contributed by atoms with Crippen molar-refractivity contribution in [1.82, 2.24) is 15.0 Å². The van der Waals surface area contributed by atoms with Crippen LogP contribution >= 0.6 is 11.6 Å². The van der Waals surface area contributed by atoms with Gasteiger partial charge in [0, 0.05) is 46.8 Å². The van der Waals surface area contributed by atoms with Gasteiger partial charge >= 0.3 is 0 Å². The number of rotatable bonds is 8. The summed E-state index contributed by atoms with van der Waals surface area (Å²) in [7, 11) is 0. The van der Waals surface area contributed by atoms with Crippen LogP contribution in [0, 0.1) is 29.6 Å². The zero-order chi connectivity index (χ0) is 29.8. The summed E-state index contributed by atoms with van der Waals surface area (Å²) in [5.74, 6) is 5.77. The number of halogens is 2. The summed E-state index contributed by atoms with van der Waals surface area (Å²) in [4.78, 5) is 8.45. The molecule has 0 amide bonds. The van der Waals surface area contributed by atoms with E-state index in [0.29, 0.717) is 56.4 Å². The number of aromatic nitrogens is 2. The number of anilines is 2. The summed E-state index contributed by atoms with van der Waals surface area (Å²) in [5, 5.41) is 19.5. The number of allylic oxidation sites excluding steroid dienone is 1. The highest BCUT2D eigenvalue weighted by Crippen LogP contribution is 2.37. The van der Waals surface area contributed by atoms with E-state index >= 15 is 0 Å². The number of aryl methyl sites for hydroxylation is 1. The lowest BCUT2D eigenvalue weighted by Crippen LogP contribution is -2.35. The summed E-state index contributed by atoms with van der Waals surface area (Å²) in [5.41, 5.74) is 11.4. The van der Waals surface area contributed by atoms with E-state index in [9.17, 15) is 9.65 Å². The molecule has 1 aliphatic carbocycles. The van der Waals surface area contributed by atoms with Gasteiger partial charge in [0.05, 0.1) is 33.5 Å². The maximum atomic E-state index is 13.9. The van der Waals surface area contributed by atoms with E-state index < -0.39 is 12.0 Å². The second-order valence-corrected chi connectivity index (χ2v) is 11.4. The molecule has 4 rings (SSSR count). The van der Waals surface area contributed by atoms with E-state index in [4.69, 9.17) is 23.2 Å². The molecule has 0 saturated heterocycles. The van der Waals surface area contributed by atoms with Gasteiger partial charge in [-0.1, -0.05) is 52.3 Å². The molecule has 2 aromatic heterocycles. The number of pyridine rings is 2. The van der Waals surface area contributed by atoms with Gasteiger partial charge in [0.25, 0.3) is 0 Å². The second-order valence-electron chi connectivity index (χ2n) is 11.0. The molecule has 3 aromatic rings. The Labute approximate surface area is 241 Å². The van der Waals surface area contributed by atoms with E-state index in [0.717, 1.165) is 18.5 Å². The fraction of sp³-hybridized carbons (Fsp3) is 0.433. The highest BCUT2D eigenvalue weighted by atomic mass is 35.5. The van der Waals surface area contributed by atoms with Gasteiger partial charge in [0.15, 0.2) is 0 Å². The van der Waals surface area contributed by atoms with Gasteiger partial charge in [-0.05, 0) is 50.3 Å². The Morgan fingerprint density at radius 2 is 1.95 bits per heavy atom. The quantitative estimate of drug-likeness (QED) is 0.133. The number of nitrogens with two attached hydrogens (primary N) is 2. The number of nitrogens with zero attached hydrogens (tertiary/aromatic N) is 4. The monoisotopic (exact) mass is 566 g/mol. The van der Waals surface area contributed by atoms with Gasteiger partial charge in [-0.25, -0.2) is 10.8 Å². The molecule has 1 atom stereocenters. The maximum Gasteiger partial charge on any atom is 0.213 e. The molecule has 2 heterocycles. The minimum Gasteiger partial charge on any atom is -0.399 e. The van der Waals surface area contributed by atoms with Crippen molar-refractivity contribution in [2.75, 3.05) is 17.2 Å². The molecule has 1 fully saturated rings. The van der Waals surface area contributed by atoms with Crippen LogP contribution in [0.1, 0.15) is 77.2 Å². The van der Waals surface area contributed by atoms with Crippen LogP contribution < -0.4 is 22.2 Å². The zero-order valence-electron chi connectivity index (χ0n) is 24.4. The highest BCUT2D eigenvalue weighted by Gasteiger charge is 2.30. The lowest BCUT2D eigenvalue weighted by Gasteiger charge is -2.28. The van der Waals surface area contributed by atoms with Crippen LogP contribution in [0.2, 0.25) is 5.02 Å². The topological polar surface area (TPSA) is 129 Å². The molecular formula is C30H40ClFN8. The molecule has 0 bridgehead atoms. The van der Waals surface area contributed by atoms with Crippen molar-refractivity contribution in [3.63, 3.8) is 0 Å². The molecule has 1 saturated carbocycles. The number of fused-ring (bicyclic) bond motifs is 1. The van der Waals surface area contributed by atoms with E-state index in [1.807, 2.05) is 26.8 Å². The lowest BCUT2D eigenvalue weighted by atomic mass is 9.96. The van der Waals surface area contributed by atoms with Crippen LogP contribution in [-0.4, -0.2) is 27.6 Å². The van der Waals surface area contributed by atoms with Crippen LogP contribution in [0.5, 0.6) is 0 Å². The summed E-state index contributed by atoms with van der Waals surface area (Å²) in [6.45, 7) is 14.6. The normalized spacial score (nSPS) is 14.4. The van der Waals surface area contributed by atoms with Gasteiger partial charge in [-0.15, -0.1) is 0 Å². The fourth-order valence-corrected chi connectivity index (χ4v) is 4.56. The van der Waals surface area contributed by atoms with Crippen LogP contribution in [0.4, 0.5) is 15.8 Å². The largest absolute Gasteiger partial charge is 0.399 e. The smallest absolute Gasteiger partial charge is 0.213 e. The number of hydrogen-bond donors (Lipinski definition) is 4. The number of nitriles is 1. The molecule has 6 N–H and O–H groups in total. The molecule has 1 aliphatic rings. The Hall–Kier alpha value is -3.61. The molecule has 0 spiro atoms. The average molecular weight is 567 g/mol. The number of nitrogens with one attached hydrogen (secondary N) is 2. The predicted octanol–water partition coefficient (Wildman–Crippen LogP) is 6.77. The van der Waals surface area contributed by atoms with Gasteiger partial charge in [-0.2, -0.15) is 9.65 Å². The third kappa shape index (κ3) is 7.12. The van der Waals surface area contributed by atoms with Crippen molar-refractivity contribution in [2.24, 2.45) is 17.0 Å². The van der Waals surface area contributed by atoms with E-state index in [-0.39, 0.29) is 11.5 Å². The number of hydrazine groups is 1.